The van der Waals surface area contributed by atoms with Gasteiger partial charge in [-0.1, -0.05) is 46.0 Å². The zero-order chi connectivity index (χ0) is 20.4. The van der Waals surface area contributed by atoms with Crippen LogP contribution in [0.4, 0.5) is 5.69 Å². The highest BCUT2D eigenvalue weighted by molar-refractivity contribution is 9.10. The molecule has 0 saturated carbocycles. The highest BCUT2D eigenvalue weighted by atomic mass is 79.9. The average Bonchev–Trinajstić information content (AvgIpc) is 2.96. The molecule has 0 atom stereocenters. The van der Waals surface area contributed by atoms with E-state index in [1.54, 1.807) is 37.5 Å². The molecule has 1 N–H and O–H groups in total. The molecule has 1 saturated heterocycles. The Hall–Kier alpha value is -2.36. The molecule has 1 aliphatic heterocycles. The van der Waals surface area contributed by atoms with Gasteiger partial charge in [-0.2, -0.15) is 0 Å². The molecule has 3 rings (SSSR count). The van der Waals surface area contributed by atoms with Crippen LogP contribution in [-0.2, 0) is 4.79 Å². The summed E-state index contributed by atoms with van der Waals surface area (Å²) in [5.74, 6) is -0.303. The number of nitrogens with zero attached hydrogens (tertiary/aromatic N) is 1. The van der Waals surface area contributed by atoms with Crippen molar-refractivity contribution in [3.05, 3.63) is 56.9 Å². The van der Waals surface area contributed by atoms with E-state index in [9.17, 15) is 14.7 Å². The smallest absolute Gasteiger partial charge is 0.335 e. The molecule has 0 aliphatic carbocycles. The summed E-state index contributed by atoms with van der Waals surface area (Å²) in [6, 6.07) is 9.60. The Morgan fingerprint density at radius 1 is 1.21 bits per heavy atom. The lowest BCUT2D eigenvalue weighted by molar-refractivity contribution is -0.113. The van der Waals surface area contributed by atoms with E-state index in [0.29, 0.717) is 26.4 Å². The molecule has 2 aromatic carbocycles. The molecule has 1 heterocycles. The Balaban J connectivity index is 1.98. The number of halogens is 1. The second kappa shape index (κ2) is 8.34. The van der Waals surface area contributed by atoms with Gasteiger partial charge in [0.15, 0.2) is 15.8 Å². The highest BCUT2D eigenvalue weighted by Crippen LogP contribution is 2.39. The van der Waals surface area contributed by atoms with Crippen molar-refractivity contribution in [1.82, 2.24) is 0 Å². The Kier molecular flexibility index (Phi) is 6.07. The number of thiocarbonyl (C=S) groups is 1. The number of ether oxygens (including phenoxy) is 2. The third kappa shape index (κ3) is 3.91. The zero-order valence-corrected chi connectivity index (χ0v) is 18.0. The first-order valence-electron chi connectivity index (χ1n) is 7.88. The van der Waals surface area contributed by atoms with Crippen molar-refractivity contribution in [2.45, 2.75) is 0 Å². The SMILES string of the molecule is COc1cc(Br)c(/C=C2\SC(=S)N(c3cccc(C(=O)O)c3)C2=O)cc1OC. The van der Waals surface area contributed by atoms with E-state index in [-0.39, 0.29) is 11.5 Å². The van der Waals surface area contributed by atoms with Crippen molar-refractivity contribution >= 4 is 67.9 Å². The minimum Gasteiger partial charge on any atom is -0.493 e. The Labute approximate surface area is 179 Å². The molecule has 0 aromatic heterocycles. The van der Waals surface area contributed by atoms with Crippen molar-refractivity contribution in [3.63, 3.8) is 0 Å². The van der Waals surface area contributed by atoms with Crippen LogP contribution in [0.5, 0.6) is 11.5 Å². The first-order chi connectivity index (χ1) is 13.3. The Morgan fingerprint density at radius 2 is 1.89 bits per heavy atom. The summed E-state index contributed by atoms with van der Waals surface area (Å²) in [6.45, 7) is 0. The van der Waals surface area contributed by atoms with E-state index in [2.05, 4.69) is 15.9 Å². The molecule has 2 aromatic rings. The lowest BCUT2D eigenvalue weighted by atomic mass is 10.1. The van der Waals surface area contributed by atoms with Crippen LogP contribution >= 0.6 is 39.9 Å². The summed E-state index contributed by atoms with van der Waals surface area (Å²) < 4.78 is 11.6. The van der Waals surface area contributed by atoms with Crippen molar-refractivity contribution in [2.75, 3.05) is 19.1 Å². The Bertz CT molecular complexity index is 1020. The molecule has 9 heteroatoms. The molecule has 0 spiro atoms. The van der Waals surface area contributed by atoms with Gasteiger partial charge in [-0.25, -0.2) is 4.79 Å². The van der Waals surface area contributed by atoms with Gasteiger partial charge in [-0.3, -0.25) is 9.69 Å². The van der Waals surface area contributed by atoms with Crippen LogP contribution in [0.15, 0.2) is 45.8 Å². The maximum Gasteiger partial charge on any atom is 0.335 e. The van der Waals surface area contributed by atoms with Crippen LogP contribution in [0, 0.1) is 0 Å². The lowest BCUT2D eigenvalue weighted by Crippen LogP contribution is -2.27. The average molecular weight is 480 g/mol. The summed E-state index contributed by atoms with van der Waals surface area (Å²) in [6.07, 6.45) is 1.70. The van der Waals surface area contributed by atoms with Gasteiger partial charge in [-0.05, 0) is 42.0 Å². The second-order valence-electron chi connectivity index (χ2n) is 5.60. The van der Waals surface area contributed by atoms with Crippen LogP contribution in [-0.4, -0.2) is 35.5 Å². The number of rotatable bonds is 5. The van der Waals surface area contributed by atoms with E-state index in [1.807, 2.05) is 0 Å². The van der Waals surface area contributed by atoms with Gasteiger partial charge in [0.05, 0.1) is 30.4 Å². The number of carbonyl (C=O) groups excluding carboxylic acids is 1. The van der Waals surface area contributed by atoms with E-state index in [0.717, 1.165) is 21.8 Å². The number of methoxy groups -OCH3 is 2. The molecule has 28 heavy (non-hydrogen) atoms. The Morgan fingerprint density at radius 3 is 2.54 bits per heavy atom. The van der Waals surface area contributed by atoms with Crippen LogP contribution in [0.25, 0.3) is 6.08 Å². The van der Waals surface area contributed by atoms with Crippen molar-refractivity contribution in [1.29, 1.82) is 0 Å². The number of anilines is 1. The van der Waals surface area contributed by atoms with E-state index in [4.69, 9.17) is 21.7 Å². The van der Waals surface area contributed by atoms with Crippen LogP contribution < -0.4 is 14.4 Å². The predicted molar refractivity (Wildman–Crippen MR) is 116 cm³/mol. The minimum absolute atomic E-state index is 0.0816. The number of aromatic carboxylic acids is 1. The van der Waals surface area contributed by atoms with Gasteiger partial charge in [0, 0.05) is 4.47 Å². The maximum absolute atomic E-state index is 12.9. The number of carbonyl (C=O) groups is 2. The summed E-state index contributed by atoms with van der Waals surface area (Å²) in [5, 5.41) is 9.17. The lowest BCUT2D eigenvalue weighted by Gasteiger charge is -2.15. The third-order valence-electron chi connectivity index (χ3n) is 3.93. The molecule has 1 amide bonds. The summed E-state index contributed by atoms with van der Waals surface area (Å²) in [7, 11) is 3.07. The minimum atomic E-state index is -1.07. The van der Waals surface area contributed by atoms with Gasteiger partial charge in [0.25, 0.3) is 5.91 Å². The number of hydrogen-bond donors (Lipinski definition) is 1. The largest absolute Gasteiger partial charge is 0.493 e. The van der Waals surface area contributed by atoms with E-state index in [1.165, 1.54) is 24.1 Å². The van der Waals surface area contributed by atoms with E-state index < -0.39 is 5.97 Å². The molecule has 0 radical (unpaired) electrons. The fourth-order valence-electron chi connectivity index (χ4n) is 2.59. The van der Waals surface area contributed by atoms with Gasteiger partial charge in [0.1, 0.15) is 0 Å². The molecule has 1 fully saturated rings. The van der Waals surface area contributed by atoms with Crippen molar-refractivity contribution in [3.8, 4) is 11.5 Å². The second-order valence-corrected chi connectivity index (χ2v) is 8.13. The third-order valence-corrected chi connectivity index (χ3v) is 5.92. The molecule has 6 nitrogen and oxygen atoms in total. The van der Waals surface area contributed by atoms with Crippen LogP contribution in [0.2, 0.25) is 0 Å². The highest BCUT2D eigenvalue weighted by Gasteiger charge is 2.33. The normalized spacial score (nSPS) is 15.2. The molecular formula is C19H14BrNO5S2. The number of amides is 1. The first kappa shape index (κ1) is 20.4. The van der Waals surface area contributed by atoms with Gasteiger partial charge < -0.3 is 14.6 Å². The van der Waals surface area contributed by atoms with Gasteiger partial charge >= 0.3 is 5.97 Å². The number of benzene rings is 2. The van der Waals surface area contributed by atoms with Crippen LogP contribution in [0.3, 0.4) is 0 Å². The standard InChI is InChI=1S/C19H14BrNO5S2/c1-25-14-7-11(13(20)9-15(14)26-2)8-16-17(22)21(19(27)28-16)12-5-3-4-10(6-12)18(23)24/h3-9H,1-2H3,(H,23,24)/b16-8-. The quantitative estimate of drug-likeness (QED) is 0.496. The fourth-order valence-corrected chi connectivity index (χ4v) is 4.32. The zero-order valence-electron chi connectivity index (χ0n) is 14.8. The predicted octanol–water partition coefficient (Wildman–Crippen LogP) is 4.57. The van der Waals surface area contributed by atoms with Crippen molar-refractivity contribution in [2.24, 2.45) is 0 Å². The number of carboxylic acid groups (broad SMARTS) is 1. The molecular weight excluding hydrogens is 466 g/mol. The summed E-state index contributed by atoms with van der Waals surface area (Å²) in [4.78, 5) is 25.9. The molecule has 0 bridgehead atoms. The molecule has 144 valence electrons. The molecule has 0 unspecified atom stereocenters. The number of hydrogen-bond acceptors (Lipinski definition) is 6. The monoisotopic (exact) mass is 479 g/mol. The first-order valence-corrected chi connectivity index (χ1v) is 9.90. The topological polar surface area (TPSA) is 76.1 Å². The number of carboxylic acids is 1. The van der Waals surface area contributed by atoms with Crippen LogP contribution in [0.1, 0.15) is 15.9 Å². The summed E-state index contributed by atoms with van der Waals surface area (Å²) in [5.41, 5.74) is 1.22. The van der Waals surface area contributed by atoms with E-state index >= 15 is 0 Å². The molecule has 1 aliphatic rings. The fraction of sp³-hybridized carbons (Fsp3) is 0.105. The van der Waals surface area contributed by atoms with Gasteiger partial charge in [-0.15, -0.1) is 0 Å². The summed E-state index contributed by atoms with van der Waals surface area (Å²) >= 11 is 9.96. The maximum atomic E-state index is 12.9. The number of thioether (sulfide) groups is 1. The van der Waals surface area contributed by atoms with Gasteiger partial charge in [0.2, 0.25) is 0 Å². The van der Waals surface area contributed by atoms with Crippen molar-refractivity contribution < 1.29 is 24.2 Å².